The van der Waals surface area contributed by atoms with Crippen molar-refractivity contribution in [2.75, 3.05) is 16.8 Å². The highest BCUT2D eigenvalue weighted by Gasteiger charge is 2.26. The van der Waals surface area contributed by atoms with Crippen molar-refractivity contribution in [3.05, 3.63) is 60.6 Å². The van der Waals surface area contributed by atoms with Crippen molar-refractivity contribution in [3.63, 3.8) is 0 Å². The predicted octanol–water partition coefficient (Wildman–Crippen LogP) is 4.11. The smallest absolute Gasteiger partial charge is 0.328 e. The van der Waals surface area contributed by atoms with E-state index in [1.165, 1.54) is 29.7 Å². The third-order valence-corrected chi connectivity index (χ3v) is 5.03. The monoisotopic (exact) mass is 475 g/mol. The predicted molar refractivity (Wildman–Crippen MR) is 127 cm³/mol. The van der Waals surface area contributed by atoms with Crippen LogP contribution >= 0.6 is 0 Å². The Morgan fingerprint density at radius 3 is 2.71 bits per heavy atom. The summed E-state index contributed by atoms with van der Waals surface area (Å²) >= 11 is 0. The number of carbonyl (C=O) groups is 1. The molecule has 0 fully saturated rings. The normalized spacial score (nSPS) is 12.7. The van der Waals surface area contributed by atoms with Crippen LogP contribution in [0.3, 0.4) is 0 Å². The van der Waals surface area contributed by atoms with Crippen molar-refractivity contribution in [1.82, 2.24) is 19.7 Å². The van der Waals surface area contributed by atoms with Crippen molar-refractivity contribution in [3.8, 4) is 22.9 Å². The molecule has 2 amide bonds. The van der Waals surface area contributed by atoms with Gasteiger partial charge in [-0.1, -0.05) is 0 Å². The van der Waals surface area contributed by atoms with Crippen LogP contribution in [0.4, 0.5) is 16.4 Å². The van der Waals surface area contributed by atoms with E-state index in [2.05, 4.69) is 15.4 Å². The molecule has 0 unspecified atom stereocenters. The SMILES string of the molecule is CCN(C(=O)Nc1cc(OC(C)C)c(C#N)cn1)c1ccc(-c2cnn(C)c2)c(C2OC=CO2)n1. The van der Waals surface area contributed by atoms with Gasteiger partial charge in [-0.2, -0.15) is 10.4 Å². The lowest BCUT2D eigenvalue weighted by Crippen LogP contribution is -2.36. The molecule has 0 aliphatic carbocycles. The number of pyridine rings is 2. The Hall–Kier alpha value is -4.59. The number of rotatable bonds is 7. The van der Waals surface area contributed by atoms with Gasteiger partial charge in [0.15, 0.2) is 0 Å². The first-order valence-electron chi connectivity index (χ1n) is 11.0. The lowest BCUT2D eigenvalue weighted by molar-refractivity contribution is -0.0273. The number of nitrogens with zero attached hydrogens (tertiary/aromatic N) is 6. The second-order valence-corrected chi connectivity index (χ2v) is 7.90. The Kier molecular flexibility index (Phi) is 6.82. The summed E-state index contributed by atoms with van der Waals surface area (Å²) < 4.78 is 18.4. The zero-order chi connectivity index (χ0) is 24.9. The van der Waals surface area contributed by atoms with E-state index in [1.54, 1.807) is 16.9 Å². The van der Waals surface area contributed by atoms with Gasteiger partial charge in [0, 0.05) is 37.0 Å². The van der Waals surface area contributed by atoms with Crippen molar-refractivity contribution in [1.29, 1.82) is 5.26 Å². The zero-order valence-electron chi connectivity index (χ0n) is 19.8. The maximum absolute atomic E-state index is 13.2. The van der Waals surface area contributed by atoms with Gasteiger partial charge in [0.25, 0.3) is 6.29 Å². The second kappa shape index (κ2) is 10.1. The molecule has 1 aliphatic rings. The first-order chi connectivity index (χ1) is 16.9. The van der Waals surface area contributed by atoms with E-state index >= 15 is 0 Å². The molecular formula is C24H25N7O4. The molecule has 180 valence electrons. The van der Waals surface area contributed by atoms with Crippen LogP contribution in [-0.4, -0.2) is 38.4 Å². The van der Waals surface area contributed by atoms with E-state index in [0.717, 1.165) is 11.1 Å². The Morgan fingerprint density at radius 1 is 1.31 bits per heavy atom. The van der Waals surface area contributed by atoms with Gasteiger partial charge in [0.1, 0.15) is 47.2 Å². The fraction of sp³-hybridized carbons (Fsp3) is 0.292. The zero-order valence-corrected chi connectivity index (χ0v) is 19.8. The van der Waals surface area contributed by atoms with E-state index in [4.69, 9.17) is 19.2 Å². The minimum atomic E-state index is -0.747. The Balaban J connectivity index is 1.62. The Labute approximate surface area is 202 Å². The fourth-order valence-corrected chi connectivity index (χ4v) is 3.49. The van der Waals surface area contributed by atoms with E-state index < -0.39 is 12.3 Å². The van der Waals surface area contributed by atoms with Gasteiger partial charge in [-0.05, 0) is 32.9 Å². The topological polar surface area (TPSA) is 127 Å². The number of aromatic nitrogens is 4. The molecule has 1 N–H and O–H groups in total. The van der Waals surface area contributed by atoms with Gasteiger partial charge in [-0.15, -0.1) is 0 Å². The summed E-state index contributed by atoms with van der Waals surface area (Å²) in [5, 5.41) is 16.3. The maximum Gasteiger partial charge on any atom is 0.328 e. The van der Waals surface area contributed by atoms with Gasteiger partial charge in [0.05, 0.1) is 18.5 Å². The Bertz CT molecular complexity index is 1290. The number of urea groups is 1. The van der Waals surface area contributed by atoms with Gasteiger partial charge < -0.3 is 14.2 Å². The lowest BCUT2D eigenvalue weighted by Gasteiger charge is -2.23. The van der Waals surface area contributed by atoms with Gasteiger partial charge in [-0.3, -0.25) is 14.9 Å². The number of carbonyl (C=O) groups excluding carboxylic acids is 1. The molecular weight excluding hydrogens is 450 g/mol. The van der Waals surface area contributed by atoms with Crippen LogP contribution in [0.2, 0.25) is 0 Å². The first-order valence-corrected chi connectivity index (χ1v) is 11.0. The molecule has 0 aromatic carbocycles. The number of hydrogen-bond donors (Lipinski definition) is 1. The quantitative estimate of drug-likeness (QED) is 0.541. The number of nitriles is 1. The third kappa shape index (κ3) is 5.16. The molecule has 4 rings (SSSR count). The van der Waals surface area contributed by atoms with Crippen molar-refractivity contribution in [2.24, 2.45) is 7.05 Å². The van der Waals surface area contributed by atoms with Gasteiger partial charge in [0.2, 0.25) is 0 Å². The van der Waals surface area contributed by atoms with Crippen molar-refractivity contribution >= 4 is 17.7 Å². The molecule has 3 aromatic heterocycles. The Morgan fingerprint density at radius 2 is 2.09 bits per heavy atom. The average Bonchev–Trinajstić information content (AvgIpc) is 3.51. The highest BCUT2D eigenvalue weighted by Crippen LogP contribution is 2.33. The van der Waals surface area contributed by atoms with Crippen molar-refractivity contribution < 1.29 is 19.0 Å². The van der Waals surface area contributed by atoms with Crippen LogP contribution < -0.4 is 15.0 Å². The van der Waals surface area contributed by atoms with E-state index in [0.29, 0.717) is 23.8 Å². The molecule has 4 heterocycles. The minimum absolute atomic E-state index is 0.143. The van der Waals surface area contributed by atoms with Gasteiger partial charge >= 0.3 is 6.03 Å². The second-order valence-electron chi connectivity index (χ2n) is 7.90. The highest BCUT2D eigenvalue weighted by atomic mass is 16.7. The van der Waals surface area contributed by atoms with E-state index in [1.807, 2.05) is 46.2 Å². The summed E-state index contributed by atoms with van der Waals surface area (Å²) in [7, 11) is 1.83. The molecule has 0 radical (unpaired) electrons. The molecule has 1 aliphatic heterocycles. The summed E-state index contributed by atoms with van der Waals surface area (Å²) in [6.07, 6.45) is 6.96. The molecule has 35 heavy (non-hydrogen) atoms. The van der Waals surface area contributed by atoms with Crippen LogP contribution in [-0.2, 0) is 16.5 Å². The van der Waals surface area contributed by atoms with Gasteiger partial charge in [-0.25, -0.2) is 14.8 Å². The van der Waals surface area contributed by atoms with Crippen LogP contribution in [0.5, 0.6) is 5.75 Å². The highest BCUT2D eigenvalue weighted by molar-refractivity contribution is 6.00. The molecule has 3 aromatic rings. The number of hydrogen-bond acceptors (Lipinski definition) is 8. The lowest BCUT2D eigenvalue weighted by atomic mass is 10.1. The van der Waals surface area contributed by atoms with Crippen LogP contribution in [0.15, 0.2) is 49.3 Å². The molecule has 0 saturated heterocycles. The standard InChI is InChI=1S/C24H25N7O4/c1-5-31(24(32)28-20-10-19(35-15(2)3)16(11-25)12-26-20)21-7-6-18(17-13-27-30(4)14-17)22(29-21)23-33-8-9-34-23/h6-10,12-15,23H,5H2,1-4H3,(H,26,28,32). The number of anilines is 2. The van der Waals surface area contributed by atoms with Crippen LogP contribution in [0.1, 0.15) is 38.3 Å². The number of ether oxygens (including phenoxy) is 3. The minimum Gasteiger partial charge on any atom is -0.489 e. The van der Waals surface area contributed by atoms with Crippen LogP contribution in [0.25, 0.3) is 11.1 Å². The summed E-state index contributed by atoms with van der Waals surface area (Å²) in [5.41, 5.74) is 2.41. The number of aryl methyl sites for hydroxylation is 1. The molecule has 0 spiro atoms. The molecule has 11 heteroatoms. The first kappa shape index (κ1) is 23.6. The van der Waals surface area contributed by atoms with E-state index in [9.17, 15) is 10.1 Å². The summed E-state index contributed by atoms with van der Waals surface area (Å²) in [4.78, 5) is 23.5. The summed E-state index contributed by atoms with van der Waals surface area (Å²) in [6, 6.07) is 6.72. The van der Waals surface area contributed by atoms with Crippen molar-refractivity contribution in [2.45, 2.75) is 33.2 Å². The largest absolute Gasteiger partial charge is 0.489 e. The fourth-order valence-electron chi connectivity index (χ4n) is 3.49. The molecule has 0 bridgehead atoms. The number of nitrogens with one attached hydrogen (secondary N) is 1. The molecule has 0 atom stereocenters. The van der Waals surface area contributed by atoms with E-state index in [-0.39, 0.29) is 17.5 Å². The average molecular weight is 476 g/mol. The third-order valence-electron chi connectivity index (χ3n) is 5.03. The maximum atomic E-state index is 13.2. The number of amides is 2. The molecule has 11 nitrogen and oxygen atoms in total. The molecule has 0 saturated carbocycles. The summed E-state index contributed by atoms with van der Waals surface area (Å²) in [6.45, 7) is 5.87. The summed E-state index contributed by atoms with van der Waals surface area (Å²) in [5.74, 6) is 1.00. The van der Waals surface area contributed by atoms with Crippen LogP contribution in [0, 0.1) is 11.3 Å².